The third kappa shape index (κ3) is 2.62. The van der Waals surface area contributed by atoms with E-state index in [9.17, 15) is 4.79 Å². The predicted molar refractivity (Wildman–Crippen MR) is 84.0 cm³/mol. The number of nitrogens with zero attached hydrogens (tertiary/aromatic N) is 2. The number of fused-ring (bicyclic) bond motifs is 2. The second-order valence-electron chi connectivity index (χ2n) is 6.46. The molecule has 0 amide bonds. The highest BCUT2D eigenvalue weighted by molar-refractivity contribution is 6.00. The second-order valence-corrected chi connectivity index (χ2v) is 6.46. The Balaban J connectivity index is 1.87. The summed E-state index contributed by atoms with van der Waals surface area (Å²) in [5.41, 5.74) is 1.08. The number of carbonyl (C=O) groups excluding carboxylic acids is 1. The third-order valence-electron chi connectivity index (χ3n) is 5.30. The van der Waals surface area contributed by atoms with Gasteiger partial charge in [0.25, 0.3) is 0 Å². The Morgan fingerprint density at radius 1 is 1.32 bits per heavy atom. The van der Waals surface area contributed by atoms with E-state index in [1.807, 2.05) is 0 Å². The van der Waals surface area contributed by atoms with Crippen LogP contribution in [0.15, 0.2) is 18.2 Å². The van der Waals surface area contributed by atoms with E-state index in [0.717, 1.165) is 12.8 Å². The van der Waals surface area contributed by atoms with E-state index in [1.54, 1.807) is 25.3 Å². The van der Waals surface area contributed by atoms with Crippen LogP contribution in [0.1, 0.15) is 48.0 Å². The van der Waals surface area contributed by atoms with Crippen LogP contribution in [0.5, 0.6) is 5.75 Å². The Hall–Kier alpha value is -1.86. The van der Waals surface area contributed by atoms with Crippen LogP contribution >= 0.6 is 0 Å². The lowest BCUT2D eigenvalue weighted by Crippen LogP contribution is -2.51. The van der Waals surface area contributed by atoms with Gasteiger partial charge in [-0.25, -0.2) is 0 Å². The van der Waals surface area contributed by atoms with Crippen LogP contribution in [0.25, 0.3) is 0 Å². The molecule has 1 aromatic carbocycles. The van der Waals surface area contributed by atoms with E-state index in [1.165, 1.54) is 19.3 Å². The molecule has 2 heterocycles. The number of rotatable bonds is 3. The first-order valence-corrected chi connectivity index (χ1v) is 7.98. The van der Waals surface area contributed by atoms with Crippen molar-refractivity contribution in [2.24, 2.45) is 5.92 Å². The molecule has 2 aliphatic rings. The predicted octanol–water partition coefficient (Wildman–Crippen LogP) is 3.01. The van der Waals surface area contributed by atoms with Crippen LogP contribution in [0, 0.1) is 17.2 Å². The van der Waals surface area contributed by atoms with Crippen LogP contribution in [-0.2, 0) is 0 Å². The van der Waals surface area contributed by atoms with E-state index in [2.05, 4.69) is 18.0 Å². The fourth-order valence-corrected chi connectivity index (χ4v) is 4.02. The van der Waals surface area contributed by atoms with Gasteiger partial charge in [0.1, 0.15) is 5.75 Å². The molecule has 0 aromatic heterocycles. The van der Waals surface area contributed by atoms with Crippen LogP contribution in [-0.4, -0.2) is 36.9 Å². The number of Topliss-reactive ketones (excluding diaryl/α,β-unsaturated/α-hetero) is 1. The van der Waals surface area contributed by atoms with Crippen LogP contribution in [0.3, 0.4) is 0 Å². The van der Waals surface area contributed by atoms with Gasteiger partial charge in [-0.05, 0) is 50.9 Å². The van der Waals surface area contributed by atoms with Crippen molar-refractivity contribution in [2.75, 3.05) is 14.2 Å². The number of ketones is 1. The van der Waals surface area contributed by atoms with E-state index in [4.69, 9.17) is 10.00 Å². The summed E-state index contributed by atoms with van der Waals surface area (Å²) in [5, 5.41) is 9.08. The smallest absolute Gasteiger partial charge is 0.169 e. The Morgan fingerprint density at radius 3 is 2.59 bits per heavy atom. The Bertz CT molecular complexity index is 606. The molecule has 0 spiro atoms. The molecule has 0 saturated carbocycles. The molecular formula is C18H22N2O2. The summed E-state index contributed by atoms with van der Waals surface area (Å²) >= 11 is 0. The first-order chi connectivity index (χ1) is 10.6. The summed E-state index contributed by atoms with van der Waals surface area (Å²) in [5.74, 6) is 0.765. The summed E-state index contributed by atoms with van der Waals surface area (Å²) in [7, 11) is 3.76. The molecule has 0 radical (unpaired) electrons. The molecular weight excluding hydrogens is 276 g/mol. The molecule has 4 heteroatoms. The summed E-state index contributed by atoms with van der Waals surface area (Å²) in [4.78, 5) is 15.4. The molecule has 2 unspecified atom stereocenters. The highest BCUT2D eigenvalue weighted by Crippen LogP contribution is 2.38. The van der Waals surface area contributed by atoms with Crippen molar-refractivity contribution >= 4 is 5.78 Å². The highest BCUT2D eigenvalue weighted by Gasteiger charge is 2.39. The van der Waals surface area contributed by atoms with Gasteiger partial charge in [-0.2, -0.15) is 5.26 Å². The van der Waals surface area contributed by atoms with Gasteiger partial charge in [0.2, 0.25) is 0 Å². The molecule has 3 rings (SSSR count). The van der Waals surface area contributed by atoms with Crippen molar-refractivity contribution in [2.45, 2.75) is 44.2 Å². The summed E-state index contributed by atoms with van der Waals surface area (Å²) in [6, 6.07) is 8.24. The molecule has 0 N–H and O–H groups in total. The third-order valence-corrected chi connectivity index (χ3v) is 5.30. The van der Waals surface area contributed by atoms with Crippen molar-refractivity contribution in [3.63, 3.8) is 0 Å². The monoisotopic (exact) mass is 298 g/mol. The number of piperidine rings is 2. The van der Waals surface area contributed by atoms with Gasteiger partial charge in [0.05, 0.1) is 24.3 Å². The zero-order valence-electron chi connectivity index (χ0n) is 13.2. The van der Waals surface area contributed by atoms with Gasteiger partial charge in [-0.3, -0.25) is 4.79 Å². The van der Waals surface area contributed by atoms with Crippen LogP contribution in [0.4, 0.5) is 0 Å². The number of hydrogen-bond donors (Lipinski definition) is 0. The van der Waals surface area contributed by atoms with Crippen molar-refractivity contribution < 1.29 is 9.53 Å². The first-order valence-electron chi connectivity index (χ1n) is 7.98. The zero-order chi connectivity index (χ0) is 15.7. The van der Waals surface area contributed by atoms with Gasteiger partial charge < -0.3 is 9.64 Å². The van der Waals surface area contributed by atoms with Gasteiger partial charge in [0, 0.05) is 18.0 Å². The quantitative estimate of drug-likeness (QED) is 0.805. The number of methoxy groups -OCH3 is 1. The minimum atomic E-state index is 0.0503. The standard InChI is InChI=1S/C18H22N2O2/c1-20-14-4-3-5-15(20)10-13(9-14)18(21)16-8-12(11-19)6-7-17(16)22-2/h6-8,13-15H,3-5,9-10H2,1-2H3. The maximum atomic E-state index is 13.0. The SMILES string of the molecule is COc1ccc(C#N)cc1C(=O)C1CC2CCCC(C1)N2C. The average Bonchev–Trinajstić information content (AvgIpc) is 2.53. The van der Waals surface area contributed by atoms with Gasteiger partial charge in [-0.15, -0.1) is 0 Å². The minimum absolute atomic E-state index is 0.0503. The summed E-state index contributed by atoms with van der Waals surface area (Å²) in [6.45, 7) is 0. The molecule has 2 aliphatic heterocycles. The number of benzene rings is 1. The molecule has 2 bridgehead atoms. The van der Waals surface area contributed by atoms with Gasteiger partial charge in [0.15, 0.2) is 5.78 Å². The highest BCUT2D eigenvalue weighted by atomic mass is 16.5. The van der Waals surface area contributed by atoms with E-state index < -0.39 is 0 Å². The normalized spacial score (nSPS) is 28.0. The molecule has 2 saturated heterocycles. The lowest BCUT2D eigenvalue weighted by Gasteiger charge is -2.46. The van der Waals surface area contributed by atoms with E-state index in [-0.39, 0.29) is 11.7 Å². The Kier molecular flexibility index (Phi) is 4.17. The number of nitriles is 1. The molecule has 22 heavy (non-hydrogen) atoms. The number of hydrogen-bond acceptors (Lipinski definition) is 4. The molecule has 116 valence electrons. The van der Waals surface area contributed by atoms with Crippen molar-refractivity contribution in [3.8, 4) is 11.8 Å². The summed E-state index contributed by atoms with van der Waals surface area (Å²) in [6.07, 6.45) is 5.49. The lowest BCUT2D eigenvalue weighted by atomic mass is 9.76. The molecule has 0 aliphatic carbocycles. The van der Waals surface area contributed by atoms with E-state index >= 15 is 0 Å². The topological polar surface area (TPSA) is 53.3 Å². The van der Waals surface area contributed by atoms with Crippen LogP contribution in [0.2, 0.25) is 0 Å². The first kappa shape index (κ1) is 15.1. The molecule has 4 nitrogen and oxygen atoms in total. The summed E-state index contributed by atoms with van der Waals surface area (Å²) < 4.78 is 5.33. The van der Waals surface area contributed by atoms with Crippen molar-refractivity contribution in [1.29, 1.82) is 5.26 Å². The maximum absolute atomic E-state index is 13.0. The molecule has 2 fully saturated rings. The Labute approximate surface area is 131 Å². The van der Waals surface area contributed by atoms with Gasteiger partial charge in [-0.1, -0.05) is 6.42 Å². The largest absolute Gasteiger partial charge is 0.496 e. The van der Waals surface area contributed by atoms with E-state index in [0.29, 0.717) is 29.0 Å². The van der Waals surface area contributed by atoms with Crippen molar-refractivity contribution in [3.05, 3.63) is 29.3 Å². The minimum Gasteiger partial charge on any atom is -0.496 e. The fourth-order valence-electron chi connectivity index (χ4n) is 4.02. The Morgan fingerprint density at radius 2 is 2.00 bits per heavy atom. The van der Waals surface area contributed by atoms with Crippen LogP contribution < -0.4 is 4.74 Å². The lowest BCUT2D eigenvalue weighted by molar-refractivity contribution is 0.0337. The fraction of sp³-hybridized carbons (Fsp3) is 0.556. The van der Waals surface area contributed by atoms with Crippen molar-refractivity contribution in [1.82, 2.24) is 4.90 Å². The van der Waals surface area contributed by atoms with Gasteiger partial charge >= 0.3 is 0 Å². The second kappa shape index (κ2) is 6.10. The maximum Gasteiger partial charge on any atom is 0.169 e. The molecule has 1 aromatic rings. The number of carbonyl (C=O) groups is 1. The zero-order valence-corrected chi connectivity index (χ0v) is 13.2. The average molecular weight is 298 g/mol. The number of ether oxygens (including phenoxy) is 1. The molecule has 2 atom stereocenters.